The number of carbonyl (C=O) groups excluding carboxylic acids is 5. The molecule has 2 saturated carbocycles. The maximum Gasteiger partial charge on any atom is 0.325 e. The fraction of sp³-hybridized carbons (Fsp3) is 0.518. The number of imide groups is 2. The van der Waals surface area contributed by atoms with Crippen LogP contribution in [0.25, 0.3) is 22.3 Å². The van der Waals surface area contributed by atoms with Crippen LogP contribution in [0.1, 0.15) is 55.3 Å². The number of amides is 7. The van der Waals surface area contributed by atoms with Crippen molar-refractivity contribution in [3.8, 4) is 0 Å². The molecule has 7 amide bonds. The first-order chi connectivity index (χ1) is 41.6. The molecule has 4 aliphatic heterocycles. The van der Waals surface area contributed by atoms with Crippen LogP contribution < -0.4 is 36.4 Å². The summed E-state index contributed by atoms with van der Waals surface area (Å²) in [6.45, 7) is -0.339. The van der Waals surface area contributed by atoms with Gasteiger partial charge >= 0.3 is 12.1 Å². The van der Waals surface area contributed by atoms with Gasteiger partial charge in [-0.25, -0.2) is 19.6 Å². The van der Waals surface area contributed by atoms with E-state index in [0.29, 0.717) is 44.3 Å². The van der Waals surface area contributed by atoms with Crippen LogP contribution >= 0.6 is 0 Å². The van der Waals surface area contributed by atoms with Crippen molar-refractivity contribution in [2.75, 3.05) is 73.0 Å². The molecule has 6 aliphatic rings. The summed E-state index contributed by atoms with van der Waals surface area (Å²) < 4.78 is 3.16. The highest BCUT2D eigenvalue weighted by molar-refractivity contribution is 6.05. The van der Waals surface area contributed by atoms with E-state index in [1.54, 1.807) is 9.13 Å². The van der Waals surface area contributed by atoms with E-state index in [4.69, 9.17) is 19.9 Å². The van der Waals surface area contributed by atoms with Crippen LogP contribution in [-0.4, -0.2) is 239 Å². The van der Waals surface area contributed by atoms with Gasteiger partial charge in [-0.1, -0.05) is 60.7 Å². The number of anilines is 4. The van der Waals surface area contributed by atoms with E-state index in [1.165, 1.54) is 12.7 Å². The molecule has 0 bridgehead atoms. The molecule has 2 aromatic carbocycles. The number of nitrogens with zero attached hydrogens (tertiary/aromatic N) is 12. The van der Waals surface area contributed by atoms with E-state index in [0.717, 1.165) is 20.9 Å². The van der Waals surface area contributed by atoms with Crippen LogP contribution in [0.3, 0.4) is 0 Å². The Labute approximate surface area is 490 Å². The molecule has 4 saturated heterocycles. The first kappa shape index (κ1) is 58.2. The SMILES string of the molecule is O=C(N[C@@H]1CCN(c2nc(N[C@H](CO)Cc3ccccc3)c3ncn([C@@H]4C[C@H](N5C(=O)C[C@H](CO)C5=O)[C@@H](O)[C@H]4O)c3n2)C1)N[C@@H]1CCN(c2nc(N[C@H](CO)Cc3ccccc3)c3ncn([C@@H]4C[C@H](N5C(=O)N[C@H](CO)C5=O)[C@@H](O)[C@H]4O)c3n2)C1. The second kappa shape index (κ2) is 24.3. The number of aromatic nitrogens is 8. The van der Waals surface area contributed by atoms with Crippen molar-refractivity contribution in [2.24, 2.45) is 5.92 Å². The molecular weight excluding hydrogens is 1120 g/mol. The number of benzene rings is 2. The van der Waals surface area contributed by atoms with Crippen LogP contribution in [0.5, 0.6) is 0 Å². The lowest BCUT2D eigenvalue weighted by molar-refractivity contribution is -0.145. The molecule has 2 aliphatic carbocycles. The minimum absolute atomic E-state index is 0.0343. The molecule has 12 rings (SSSR count). The normalized spacial score (nSPS) is 28.4. The highest BCUT2D eigenvalue weighted by atomic mass is 16.3. The maximum absolute atomic E-state index is 13.9. The lowest BCUT2D eigenvalue weighted by Gasteiger charge is -2.25. The van der Waals surface area contributed by atoms with Gasteiger partial charge in [-0.2, -0.15) is 19.9 Å². The van der Waals surface area contributed by atoms with Crippen molar-refractivity contribution in [3.63, 3.8) is 0 Å². The zero-order valence-electron chi connectivity index (χ0n) is 46.6. The first-order valence-electron chi connectivity index (χ1n) is 29.0. The predicted molar refractivity (Wildman–Crippen MR) is 305 cm³/mol. The number of hydrogen-bond acceptors (Lipinski definition) is 23. The van der Waals surface area contributed by atoms with Crippen molar-refractivity contribution >= 4 is 75.6 Å². The van der Waals surface area contributed by atoms with Crippen LogP contribution in [0.2, 0.25) is 0 Å². The number of carbonyl (C=O) groups is 5. The standard InChI is InChI=1S/C56H69N17O13/c74-22-30-17-40(78)72(51(30)83)38-18-36(43(79)45(38)81)70-26-57-41-47(59-33(23-75)15-28-7-3-1-4-8-28)64-53(66-49(41)70)68-13-11-31(20-68)61-55(85)62-32-12-14-69(21-32)54-65-48(60-34(24-76)16-29-9-5-2-6-10-29)42-50(67-54)71(27-58-42)37-19-39(46(82)44(37)80)73-52(84)35(25-77)63-56(73)86/h1-10,26-27,30-39,43-46,74-77,79-82H,11-25H2,(H,63,86)(H,59,64,66)(H,60,65,67)(H2,61,62,85)/t30-,31-,32-,33+,34+,35-,36-,37-,38+,39+,43+,44+,45-,46-/m1/s1. The van der Waals surface area contributed by atoms with Crippen LogP contribution in [0.15, 0.2) is 73.3 Å². The van der Waals surface area contributed by atoms with E-state index in [2.05, 4.69) is 36.6 Å². The lowest BCUT2D eigenvalue weighted by atomic mass is 10.1. The molecule has 456 valence electrons. The largest absolute Gasteiger partial charge is 0.396 e. The zero-order chi connectivity index (χ0) is 60.1. The van der Waals surface area contributed by atoms with Gasteiger partial charge in [0.1, 0.15) is 30.5 Å². The topological polar surface area (TPSA) is 408 Å². The second-order valence-corrected chi connectivity index (χ2v) is 23.1. The monoisotopic (exact) mass is 1190 g/mol. The number of imidazole rings is 2. The Morgan fingerprint density at radius 3 is 1.49 bits per heavy atom. The molecule has 4 aromatic heterocycles. The summed E-state index contributed by atoms with van der Waals surface area (Å²) in [5, 5.41) is 102. The van der Waals surface area contributed by atoms with Gasteiger partial charge in [0.05, 0.1) is 81.3 Å². The van der Waals surface area contributed by atoms with E-state index >= 15 is 0 Å². The third kappa shape index (κ3) is 11.1. The van der Waals surface area contributed by atoms with Gasteiger partial charge in [0, 0.05) is 44.7 Å². The minimum Gasteiger partial charge on any atom is -0.396 e. The van der Waals surface area contributed by atoms with E-state index in [-0.39, 0.29) is 98.0 Å². The van der Waals surface area contributed by atoms with E-state index in [9.17, 15) is 64.8 Å². The van der Waals surface area contributed by atoms with Crippen molar-refractivity contribution in [1.29, 1.82) is 0 Å². The molecule has 0 spiro atoms. The van der Waals surface area contributed by atoms with Gasteiger partial charge in [-0.05, 0) is 49.7 Å². The van der Waals surface area contributed by atoms with Gasteiger partial charge in [0.25, 0.3) is 5.91 Å². The molecule has 0 unspecified atom stereocenters. The molecule has 6 aromatic rings. The average Bonchev–Trinajstić information content (AvgIpc) is 1.73. The van der Waals surface area contributed by atoms with Gasteiger partial charge in [-0.3, -0.25) is 24.2 Å². The summed E-state index contributed by atoms with van der Waals surface area (Å²) in [7, 11) is 0. The molecule has 30 nitrogen and oxygen atoms in total. The van der Waals surface area contributed by atoms with E-state index in [1.807, 2.05) is 70.5 Å². The van der Waals surface area contributed by atoms with Gasteiger partial charge < -0.3 is 86.4 Å². The second-order valence-electron chi connectivity index (χ2n) is 23.1. The van der Waals surface area contributed by atoms with Crippen LogP contribution in [0, 0.1) is 5.92 Å². The molecule has 86 heavy (non-hydrogen) atoms. The number of likely N-dealkylation sites (tertiary alicyclic amines) is 1. The Kier molecular flexibility index (Phi) is 16.4. The van der Waals surface area contributed by atoms with Crippen molar-refractivity contribution in [1.82, 2.24) is 64.8 Å². The summed E-state index contributed by atoms with van der Waals surface area (Å²) in [5.74, 6) is -1.80. The third-order valence-electron chi connectivity index (χ3n) is 17.6. The maximum atomic E-state index is 13.9. The number of aliphatic hydroxyl groups excluding tert-OH is 8. The highest BCUT2D eigenvalue weighted by Gasteiger charge is 2.54. The molecule has 0 radical (unpaired) electrons. The Morgan fingerprint density at radius 2 is 1.06 bits per heavy atom. The molecule has 6 fully saturated rings. The van der Waals surface area contributed by atoms with Crippen LogP contribution in [0.4, 0.5) is 33.1 Å². The Balaban J connectivity index is 0.757. The molecule has 30 heteroatoms. The van der Waals surface area contributed by atoms with Gasteiger partial charge in [0.2, 0.25) is 23.7 Å². The fourth-order valence-corrected chi connectivity index (χ4v) is 13.0. The number of aliphatic hydroxyl groups is 8. The summed E-state index contributed by atoms with van der Waals surface area (Å²) in [5.41, 5.74) is 3.01. The quantitative estimate of drug-likeness (QED) is 0.0278. The highest BCUT2D eigenvalue weighted by Crippen LogP contribution is 2.41. The fourth-order valence-electron chi connectivity index (χ4n) is 13.0. The smallest absolute Gasteiger partial charge is 0.325 e. The molecule has 8 heterocycles. The lowest BCUT2D eigenvalue weighted by Crippen LogP contribution is -2.48. The summed E-state index contributed by atoms with van der Waals surface area (Å²) in [4.78, 5) is 101. The number of fused-ring (bicyclic) bond motifs is 2. The Bertz CT molecular complexity index is 3270. The zero-order valence-corrected chi connectivity index (χ0v) is 46.6. The number of rotatable bonds is 20. The average molecular weight is 1190 g/mol. The van der Waals surface area contributed by atoms with Crippen molar-refractivity contribution in [3.05, 3.63) is 84.4 Å². The van der Waals surface area contributed by atoms with Gasteiger partial charge in [0.15, 0.2) is 34.0 Å². The molecule has 13 N–H and O–H groups in total. The van der Waals surface area contributed by atoms with E-state index < -0.39 is 116 Å². The third-order valence-corrected chi connectivity index (χ3v) is 17.6. The number of nitrogens with one attached hydrogen (secondary N) is 5. The number of hydrogen-bond donors (Lipinski definition) is 13. The number of urea groups is 2. The Hall–Kier alpha value is -8.23. The molecule has 14 atom stereocenters. The van der Waals surface area contributed by atoms with Crippen LogP contribution in [-0.2, 0) is 27.2 Å². The summed E-state index contributed by atoms with van der Waals surface area (Å²) in [6.07, 6.45) is -1.58. The van der Waals surface area contributed by atoms with Crippen molar-refractivity contribution < 1.29 is 64.8 Å². The van der Waals surface area contributed by atoms with Crippen molar-refractivity contribution in [2.45, 2.75) is 124 Å². The first-order valence-corrected chi connectivity index (χ1v) is 29.0. The van der Waals surface area contributed by atoms with Gasteiger partial charge in [-0.15, -0.1) is 0 Å². The molecular formula is C56H69N17O13. The predicted octanol–water partition coefficient (Wildman–Crippen LogP) is -2.50. The minimum atomic E-state index is -1.55. The Morgan fingerprint density at radius 1 is 0.593 bits per heavy atom. The summed E-state index contributed by atoms with van der Waals surface area (Å²) >= 11 is 0. The summed E-state index contributed by atoms with van der Waals surface area (Å²) in [6, 6.07) is 10.9.